The van der Waals surface area contributed by atoms with Crippen molar-refractivity contribution in [1.82, 2.24) is 4.57 Å². The van der Waals surface area contributed by atoms with E-state index in [0.29, 0.717) is 22.2 Å². The Bertz CT molecular complexity index is 1600. The van der Waals surface area contributed by atoms with Gasteiger partial charge in [0.2, 0.25) is 11.8 Å². The fourth-order valence-electron chi connectivity index (χ4n) is 4.53. The Morgan fingerprint density at radius 3 is 2.23 bits per heavy atom. The zero-order chi connectivity index (χ0) is 24.7. The maximum atomic E-state index is 12.3. The van der Waals surface area contributed by atoms with Crippen LogP contribution in [0.2, 0.25) is 10.0 Å². The minimum atomic E-state index is -0.479. The lowest BCUT2D eigenvalue weighted by molar-refractivity contribution is -0.114. The molecule has 0 fully saturated rings. The third-order valence-corrected chi connectivity index (χ3v) is 6.65. The molecule has 0 aliphatic carbocycles. The molecular weight excluding hydrogens is 481 g/mol. The standard InChI is InChI=1S/C28H21Cl2N3O2/c1-16(34)32-19-11-8-17(9-12-19)15-33-24-7-2-4-21(28(31)35)27(24)20-13-10-18(14-25(20)33)26-22(29)5-3-6-23(26)30/h2-14H,15H2,1H3,(H2,31,35)(H,32,34). The van der Waals surface area contributed by atoms with Gasteiger partial charge in [0.15, 0.2) is 0 Å². The Labute approximate surface area is 212 Å². The second-order valence-electron chi connectivity index (χ2n) is 8.36. The average molecular weight is 502 g/mol. The van der Waals surface area contributed by atoms with E-state index in [1.165, 1.54) is 6.92 Å². The molecule has 0 bridgehead atoms. The summed E-state index contributed by atoms with van der Waals surface area (Å²) < 4.78 is 2.15. The second kappa shape index (κ2) is 9.10. The lowest BCUT2D eigenvalue weighted by Crippen LogP contribution is -2.11. The Kier molecular flexibility index (Phi) is 5.97. The summed E-state index contributed by atoms with van der Waals surface area (Å²) in [6, 6.07) is 24.7. The molecule has 0 radical (unpaired) electrons. The number of fused-ring (bicyclic) bond motifs is 3. The zero-order valence-corrected chi connectivity index (χ0v) is 20.3. The number of nitrogens with two attached hydrogens (primary N) is 1. The fraction of sp³-hybridized carbons (Fsp3) is 0.0714. The molecule has 35 heavy (non-hydrogen) atoms. The van der Waals surface area contributed by atoms with Crippen molar-refractivity contribution in [1.29, 1.82) is 0 Å². The number of halogens is 2. The van der Waals surface area contributed by atoms with Crippen molar-refractivity contribution in [2.24, 2.45) is 5.73 Å². The fourth-order valence-corrected chi connectivity index (χ4v) is 5.14. The van der Waals surface area contributed by atoms with Gasteiger partial charge in [-0.3, -0.25) is 9.59 Å². The van der Waals surface area contributed by atoms with Crippen LogP contribution < -0.4 is 11.1 Å². The third-order valence-electron chi connectivity index (χ3n) is 6.02. The summed E-state index contributed by atoms with van der Waals surface area (Å²) >= 11 is 13.0. The van der Waals surface area contributed by atoms with Crippen molar-refractivity contribution < 1.29 is 9.59 Å². The first-order valence-corrected chi connectivity index (χ1v) is 11.7. The molecular formula is C28H21Cl2N3O2. The van der Waals surface area contributed by atoms with Gasteiger partial charge >= 0.3 is 0 Å². The molecule has 2 amide bonds. The molecule has 5 nitrogen and oxygen atoms in total. The van der Waals surface area contributed by atoms with Gasteiger partial charge in [-0.15, -0.1) is 0 Å². The van der Waals surface area contributed by atoms with Crippen LogP contribution in [0.1, 0.15) is 22.8 Å². The van der Waals surface area contributed by atoms with Crippen LogP contribution in [-0.4, -0.2) is 16.4 Å². The summed E-state index contributed by atoms with van der Waals surface area (Å²) in [4.78, 5) is 23.6. The van der Waals surface area contributed by atoms with Crippen LogP contribution in [0, 0.1) is 0 Å². The molecule has 4 aromatic carbocycles. The van der Waals surface area contributed by atoms with E-state index >= 15 is 0 Å². The first-order valence-electron chi connectivity index (χ1n) is 11.0. The summed E-state index contributed by atoms with van der Waals surface area (Å²) in [6.07, 6.45) is 0. The Hall–Kier alpha value is -3.80. The van der Waals surface area contributed by atoms with E-state index in [1.54, 1.807) is 6.07 Å². The maximum absolute atomic E-state index is 12.3. The highest BCUT2D eigenvalue weighted by atomic mass is 35.5. The molecule has 5 rings (SSSR count). The Balaban J connectivity index is 1.73. The molecule has 0 aliphatic rings. The predicted molar refractivity (Wildman–Crippen MR) is 143 cm³/mol. The second-order valence-corrected chi connectivity index (χ2v) is 9.17. The van der Waals surface area contributed by atoms with Crippen LogP contribution in [0.5, 0.6) is 0 Å². The minimum Gasteiger partial charge on any atom is -0.366 e. The summed E-state index contributed by atoms with van der Waals surface area (Å²) in [5, 5.41) is 5.63. The van der Waals surface area contributed by atoms with Crippen molar-refractivity contribution >= 4 is 62.5 Å². The van der Waals surface area contributed by atoms with Crippen molar-refractivity contribution in [3.8, 4) is 11.1 Å². The van der Waals surface area contributed by atoms with Crippen molar-refractivity contribution in [2.45, 2.75) is 13.5 Å². The highest BCUT2D eigenvalue weighted by Gasteiger charge is 2.18. The molecule has 0 saturated heterocycles. The number of amides is 2. The largest absolute Gasteiger partial charge is 0.366 e. The van der Waals surface area contributed by atoms with E-state index in [0.717, 1.165) is 44.2 Å². The van der Waals surface area contributed by atoms with Gasteiger partial charge in [-0.05, 0) is 53.6 Å². The first kappa shape index (κ1) is 23.0. The maximum Gasteiger partial charge on any atom is 0.249 e. The molecule has 0 aliphatic heterocycles. The highest BCUT2D eigenvalue weighted by molar-refractivity contribution is 6.39. The number of carbonyl (C=O) groups excluding carboxylic acids is 2. The zero-order valence-electron chi connectivity index (χ0n) is 18.8. The summed E-state index contributed by atoms with van der Waals surface area (Å²) in [6.45, 7) is 2.02. The molecule has 3 N–H and O–H groups in total. The minimum absolute atomic E-state index is 0.120. The molecule has 7 heteroatoms. The van der Waals surface area contributed by atoms with Gasteiger partial charge in [-0.25, -0.2) is 0 Å². The number of nitrogens with zero attached hydrogens (tertiary/aromatic N) is 1. The number of rotatable bonds is 5. The van der Waals surface area contributed by atoms with E-state index in [1.807, 2.05) is 72.8 Å². The van der Waals surface area contributed by atoms with Crippen LogP contribution in [0.4, 0.5) is 5.69 Å². The molecule has 0 atom stereocenters. The van der Waals surface area contributed by atoms with Crippen molar-refractivity contribution in [2.75, 3.05) is 5.32 Å². The lowest BCUT2D eigenvalue weighted by Gasteiger charge is -2.11. The Morgan fingerprint density at radius 2 is 1.57 bits per heavy atom. The van der Waals surface area contributed by atoms with Crippen molar-refractivity contribution in [3.05, 3.63) is 100 Å². The number of hydrogen-bond acceptors (Lipinski definition) is 2. The van der Waals surface area contributed by atoms with Crippen LogP contribution in [0.25, 0.3) is 32.9 Å². The van der Waals surface area contributed by atoms with Crippen molar-refractivity contribution in [3.63, 3.8) is 0 Å². The predicted octanol–water partition coefficient (Wildman–Crippen LogP) is 6.87. The molecule has 5 aromatic rings. The summed E-state index contributed by atoms with van der Waals surface area (Å²) in [7, 11) is 0. The summed E-state index contributed by atoms with van der Waals surface area (Å²) in [5.74, 6) is -0.600. The molecule has 0 unspecified atom stereocenters. The number of hydrogen-bond donors (Lipinski definition) is 2. The smallest absolute Gasteiger partial charge is 0.249 e. The van der Waals surface area contributed by atoms with E-state index in [4.69, 9.17) is 28.9 Å². The normalized spacial score (nSPS) is 11.2. The highest BCUT2D eigenvalue weighted by Crippen LogP contribution is 2.39. The van der Waals surface area contributed by atoms with Gasteiger partial charge in [0.25, 0.3) is 0 Å². The van der Waals surface area contributed by atoms with E-state index in [-0.39, 0.29) is 5.91 Å². The van der Waals surface area contributed by atoms with Gasteiger partial charge in [0.1, 0.15) is 0 Å². The number of anilines is 1. The van der Waals surface area contributed by atoms with Gasteiger partial charge in [-0.2, -0.15) is 0 Å². The number of nitrogens with one attached hydrogen (secondary N) is 1. The number of aromatic nitrogens is 1. The molecule has 1 heterocycles. The summed E-state index contributed by atoms with van der Waals surface area (Å²) in [5.41, 5.74) is 11.4. The van der Waals surface area contributed by atoms with Crippen LogP contribution in [0.15, 0.2) is 78.9 Å². The van der Waals surface area contributed by atoms with Gasteiger partial charge < -0.3 is 15.6 Å². The van der Waals surface area contributed by atoms with E-state index < -0.39 is 5.91 Å². The van der Waals surface area contributed by atoms with E-state index in [9.17, 15) is 9.59 Å². The van der Waals surface area contributed by atoms with Gasteiger partial charge in [-0.1, -0.05) is 59.6 Å². The van der Waals surface area contributed by atoms with Crippen LogP contribution >= 0.6 is 23.2 Å². The monoisotopic (exact) mass is 501 g/mol. The van der Waals surface area contributed by atoms with Crippen LogP contribution in [-0.2, 0) is 11.3 Å². The molecule has 0 spiro atoms. The topological polar surface area (TPSA) is 77.1 Å². The lowest BCUT2D eigenvalue weighted by atomic mass is 10.0. The SMILES string of the molecule is CC(=O)Nc1ccc(Cn2c3cc(-c4c(Cl)cccc4Cl)ccc3c3c(C(N)=O)cccc32)cc1. The number of benzene rings is 4. The first-order chi connectivity index (χ1) is 16.8. The van der Waals surface area contributed by atoms with E-state index in [2.05, 4.69) is 9.88 Å². The third kappa shape index (κ3) is 4.25. The number of primary amides is 1. The van der Waals surface area contributed by atoms with Gasteiger partial charge in [0, 0.05) is 51.1 Å². The van der Waals surface area contributed by atoms with Crippen LogP contribution in [0.3, 0.4) is 0 Å². The quantitative estimate of drug-likeness (QED) is 0.275. The molecule has 0 saturated carbocycles. The number of carbonyl (C=O) groups is 2. The Morgan fingerprint density at radius 1 is 0.886 bits per heavy atom. The molecule has 174 valence electrons. The van der Waals surface area contributed by atoms with Gasteiger partial charge in [0.05, 0.1) is 11.0 Å². The molecule has 1 aromatic heterocycles. The average Bonchev–Trinajstić information content (AvgIpc) is 3.13.